The number of alkyl halides is 3. The summed E-state index contributed by atoms with van der Waals surface area (Å²) in [5.41, 5.74) is -0.0906. The van der Waals surface area contributed by atoms with Gasteiger partial charge in [-0.3, -0.25) is 4.79 Å². The van der Waals surface area contributed by atoms with Crippen molar-refractivity contribution in [3.05, 3.63) is 48.2 Å². The molecule has 0 atom stereocenters. The van der Waals surface area contributed by atoms with Crippen molar-refractivity contribution in [2.45, 2.75) is 11.4 Å². The van der Waals surface area contributed by atoms with Gasteiger partial charge in [-0.25, -0.2) is 4.98 Å². The minimum absolute atomic E-state index is 0.0722. The fourth-order valence-electron chi connectivity index (χ4n) is 2.36. The predicted octanol–water partition coefficient (Wildman–Crippen LogP) is 3.48. The van der Waals surface area contributed by atoms with E-state index in [1.54, 1.807) is 31.4 Å². The highest BCUT2D eigenvalue weighted by atomic mass is 32.2. The summed E-state index contributed by atoms with van der Waals surface area (Å²) in [5.74, 6) is 1.14. The van der Waals surface area contributed by atoms with Crippen molar-refractivity contribution >= 4 is 23.5 Å². The Morgan fingerprint density at radius 3 is 2.55 bits per heavy atom. The average molecular weight is 453 g/mol. The Morgan fingerprint density at radius 2 is 1.90 bits per heavy atom. The first kappa shape index (κ1) is 22.4. The molecule has 0 unspecified atom stereocenters. The Hall–Kier alpha value is -3.28. The molecule has 0 spiro atoms. The molecule has 12 heteroatoms. The third kappa shape index (κ3) is 6.60. The van der Waals surface area contributed by atoms with Crippen LogP contribution in [0.4, 0.5) is 19.0 Å². The first-order valence-electron chi connectivity index (χ1n) is 8.99. The molecule has 3 aromatic rings. The van der Waals surface area contributed by atoms with Crippen LogP contribution >= 0.6 is 11.8 Å². The van der Waals surface area contributed by atoms with Crippen LogP contribution in [0.25, 0.3) is 11.5 Å². The first-order chi connectivity index (χ1) is 14.8. The van der Waals surface area contributed by atoms with Crippen LogP contribution in [-0.4, -0.2) is 47.0 Å². The van der Waals surface area contributed by atoms with Crippen molar-refractivity contribution < 1.29 is 27.1 Å². The van der Waals surface area contributed by atoms with E-state index in [0.717, 1.165) is 29.6 Å². The number of ether oxygens (including phenoxy) is 1. The van der Waals surface area contributed by atoms with Crippen LogP contribution in [-0.2, 0) is 11.0 Å². The van der Waals surface area contributed by atoms with Crippen LogP contribution in [0, 0.1) is 0 Å². The topological polar surface area (TPSA) is 102 Å². The highest BCUT2D eigenvalue weighted by Gasteiger charge is 2.30. The average Bonchev–Trinajstić information content (AvgIpc) is 3.24. The van der Waals surface area contributed by atoms with Gasteiger partial charge in [0.1, 0.15) is 11.6 Å². The molecule has 1 amide bonds. The number of nitrogens with one attached hydrogen (secondary N) is 2. The molecule has 2 N–H and O–H groups in total. The molecule has 1 aromatic carbocycles. The number of hydrogen-bond donors (Lipinski definition) is 2. The molecule has 2 heterocycles. The van der Waals surface area contributed by atoms with Gasteiger partial charge in [0.2, 0.25) is 11.8 Å². The highest BCUT2D eigenvalue weighted by Crippen LogP contribution is 2.29. The molecule has 31 heavy (non-hydrogen) atoms. The van der Waals surface area contributed by atoms with E-state index in [2.05, 4.69) is 25.8 Å². The van der Waals surface area contributed by atoms with Gasteiger partial charge in [0.15, 0.2) is 0 Å². The van der Waals surface area contributed by atoms with E-state index in [1.807, 2.05) is 0 Å². The molecule has 0 aliphatic rings. The molecule has 8 nitrogen and oxygen atoms in total. The summed E-state index contributed by atoms with van der Waals surface area (Å²) in [6, 6.07) is 9.28. The summed E-state index contributed by atoms with van der Waals surface area (Å²) in [6.45, 7) is 0.569. The van der Waals surface area contributed by atoms with Gasteiger partial charge < -0.3 is 19.8 Å². The van der Waals surface area contributed by atoms with Gasteiger partial charge in [0, 0.05) is 24.8 Å². The molecule has 164 valence electrons. The number of benzene rings is 1. The van der Waals surface area contributed by atoms with Gasteiger partial charge >= 0.3 is 6.18 Å². The van der Waals surface area contributed by atoms with Gasteiger partial charge in [-0.05, 0) is 36.4 Å². The lowest BCUT2D eigenvalue weighted by atomic mass is 10.2. The maximum absolute atomic E-state index is 12.5. The van der Waals surface area contributed by atoms with Gasteiger partial charge in [0.05, 0.1) is 18.4 Å². The van der Waals surface area contributed by atoms with Crippen LogP contribution in [0.2, 0.25) is 0 Å². The van der Waals surface area contributed by atoms with Crippen LogP contribution in [0.15, 0.2) is 52.2 Å². The first-order valence-corrected chi connectivity index (χ1v) is 9.98. The zero-order chi connectivity index (χ0) is 22.3. The van der Waals surface area contributed by atoms with Crippen LogP contribution in [0.5, 0.6) is 5.75 Å². The number of anilines is 1. The van der Waals surface area contributed by atoms with Crippen molar-refractivity contribution in [1.29, 1.82) is 0 Å². The maximum atomic E-state index is 12.5. The van der Waals surface area contributed by atoms with Crippen LogP contribution < -0.4 is 15.4 Å². The second kappa shape index (κ2) is 10.2. The van der Waals surface area contributed by atoms with Crippen LogP contribution in [0.3, 0.4) is 0 Å². The van der Waals surface area contributed by atoms with E-state index >= 15 is 0 Å². The second-order valence-corrected chi connectivity index (χ2v) is 7.02. The van der Waals surface area contributed by atoms with Gasteiger partial charge in [-0.2, -0.15) is 13.2 Å². The minimum Gasteiger partial charge on any atom is -0.497 e. The Labute approximate surface area is 179 Å². The van der Waals surface area contributed by atoms with E-state index < -0.39 is 11.7 Å². The highest BCUT2D eigenvalue weighted by molar-refractivity contribution is 7.99. The van der Waals surface area contributed by atoms with E-state index in [9.17, 15) is 18.0 Å². The third-order valence-corrected chi connectivity index (χ3v) is 4.73. The predicted molar refractivity (Wildman–Crippen MR) is 108 cm³/mol. The normalized spacial score (nSPS) is 11.2. The fourth-order valence-corrected chi connectivity index (χ4v) is 2.95. The fraction of sp³-hybridized carbons (Fsp3) is 0.263. The monoisotopic (exact) mass is 453 g/mol. The van der Waals surface area contributed by atoms with Gasteiger partial charge in [-0.15, -0.1) is 10.2 Å². The number of carbonyl (C=O) groups is 1. The number of nitrogens with zero attached hydrogens (tertiary/aromatic N) is 3. The van der Waals surface area contributed by atoms with Crippen molar-refractivity contribution in [2.75, 3.05) is 31.3 Å². The number of amides is 1. The number of carbonyl (C=O) groups excluding carboxylic acids is 1. The number of thioether (sulfide) groups is 1. The third-order valence-electron chi connectivity index (χ3n) is 3.91. The number of hydrogen-bond acceptors (Lipinski definition) is 8. The lowest BCUT2D eigenvalue weighted by Crippen LogP contribution is -2.30. The van der Waals surface area contributed by atoms with Gasteiger partial charge in [-0.1, -0.05) is 11.8 Å². The Balaban J connectivity index is 1.37. The number of aromatic nitrogens is 3. The smallest absolute Gasteiger partial charge is 0.417 e. The molecular formula is C19H18F3N5O3S. The number of halogens is 3. The van der Waals surface area contributed by atoms with E-state index in [0.29, 0.717) is 18.2 Å². The van der Waals surface area contributed by atoms with Crippen LogP contribution in [0.1, 0.15) is 5.56 Å². The lowest BCUT2D eigenvalue weighted by Gasteiger charge is -2.09. The summed E-state index contributed by atoms with van der Waals surface area (Å²) < 4.78 is 48.1. The molecule has 0 aliphatic carbocycles. The molecular weight excluding hydrogens is 435 g/mol. The van der Waals surface area contributed by atoms with Crippen molar-refractivity contribution in [2.24, 2.45) is 0 Å². The number of pyridine rings is 1. The molecule has 0 radical (unpaired) electrons. The van der Waals surface area contributed by atoms with E-state index in [1.165, 1.54) is 6.07 Å². The van der Waals surface area contributed by atoms with Crippen molar-refractivity contribution in [3.8, 4) is 17.2 Å². The molecule has 0 bridgehead atoms. The summed E-state index contributed by atoms with van der Waals surface area (Å²) in [7, 11) is 1.57. The SMILES string of the molecule is COc1ccc(-c2nnc(SCC(=O)NCCNc3ccc(C(F)(F)F)cn3)o2)cc1. The largest absolute Gasteiger partial charge is 0.497 e. The van der Waals surface area contributed by atoms with E-state index in [4.69, 9.17) is 9.15 Å². The molecule has 0 saturated heterocycles. The quantitative estimate of drug-likeness (QED) is 0.375. The number of methoxy groups -OCH3 is 1. The Morgan fingerprint density at radius 1 is 1.13 bits per heavy atom. The molecule has 2 aromatic heterocycles. The van der Waals surface area contributed by atoms with Crippen molar-refractivity contribution in [3.63, 3.8) is 0 Å². The summed E-state index contributed by atoms with van der Waals surface area (Å²) in [6.07, 6.45) is -3.67. The molecule has 0 fully saturated rings. The van der Waals surface area contributed by atoms with E-state index in [-0.39, 0.29) is 29.2 Å². The summed E-state index contributed by atoms with van der Waals surface area (Å²) in [4.78, 5) is 15.6. The lowest BCUT2D eigenvalue weighted by molar-refractivity contribution is -0.137. The maximum Gasteiger partial charge on any atom is 0.417 e. The Kier molecular flexibility index (Phi) is 7.34. The summed E-state index contributed by atoms with van der Waals surface area (Å²) >= 11 is 1.09. The van der Waals surface area contributed by atoms with Crippen molar-refractivity contribution in [1.82, 2.24) is 20.5 Å². The van der Waals surface area contributed by atoms with Gasteiger partial charge in [0.25, 0.3) is 5.22 Å². The molecule has 0 saturated carbocycles. The summed E-state index contributed by atoms with van der Waals surface area (Å²) in [5, 5.41) is 13.6. The zero-order valence-corrected chi connectivity index (χ0v) is 17.1. The number of rotatable bonds is 9. The standard InChI is InChI=1S/C19H18F3N5O3S/c1-29-14-5-2-12(3-6-14)17-26-27-18(30-17)31-11-16(28)24-9-8-23-15-7-4-13(10-25-15)19(20,21)22/h2-7,10H,8-9,11H2,1H3,(H,23,25)(H,24,28). The zero-order valence-electron chi connectivity index (χ0n) is 16.3. The second-order valence-electron chi connectivity index (χ2n) is 6.10. The molecule has 3 rings (SSSR count). The Bertz CT molecular complexity index is 994. The molecule has 0 aliphatic heterocycles. The minimum atomic E-state index is -4.43.